The van der Waals surface area contributed by atoms with Crippen LogP contribution in [0.15, 0.2) is 34.1 Å². The molecule has 0 radical (unpaired) electrons. The third kappa shape index (κ3) is 3.58. The van der Waals surface area contributed by atoms with Gasteiger partial charge in [0.1, 0.15) is 11.5 Å². The van der Waals surface area contributed by atoms with Crippen molar-refractivity contribution in [2.45, 2.75) is 25.5 Å². The number of rotatable bonds is 7. The molecule has 0 bridgehead atoms. The Hall–Kier alpha value is -2.21. The minimum Gasteiger partial charge on any atom is -0.504 e. The van der Waals surface area contributed by atoms with Crippen LogP contribution < -0.4 is 14.8 Å². The molecule has 2 heterocycles. The summed E-state index contributed by atoms with van der Waals surface area (Å²) in [6, 6.07) is 5.63. The zero-order valence-electron chi connectivity index (χ0n) is 14.7. The normalized spacial score (nSPS) is 16.2. The van der Waals surface area contributed by atoms with E-state index in [1.54, 1.807) is 18.8 Å². The summed E-state index contributed by atoms with van der Waals surface area (Å²) in [5.74, 6) is 2.70. The Balaban J connectivity index is 2.08. The van der Waals surface area contributed by atoms with Gasteiger partial charge in [0.25, 0.3) is 0 Å². The summed E-state index contributed by atoms with van der Waals surface area (Å²) in [7, 11) is 1.78. The molecule has 1 aromatic heterocycles. The van der Waals surface area contributed by atoms with E-state index in [4.69, 9.17) is 13.9 Å². The Morgan fingerprint density at radius 1 is 1.20 bits per heavy atom. The topological polar surface area (TPSA) is 63.9 Å². The first-order chi connectivity index (χ1) is 12.2. The number of ether oxygens (including phenoxy) is 2. The smallest absolute Gasteiger partial charge is 0.204 e. The van der Waals surface area contributed by atoms with Gasteiger partial charge in [0.05, 0.1) is 24.0 Å². The molecule has 2 N–H and O–H groups in total. The van der Waals surface area contributed by atoms with E-state index in [1.165, 1.54) is 0 Å². The Morgan fingerprint density at radius 2 is 1.88 bits per heavy atom. The van der Waals surface area contributed by atoms with Crippen LogP contribution >= 0.6 is 11.8 Å². The lowest BCUT2D eigenvalue weighted by Gasteiger charge is -2.11. The molecule has 1 aliphatic heterocycles. The molecule has 1 atom stereocenters. The highest BCUT2D eigenvalue weighted by Gasteiger charge is 2.28. The van der Waals surface area contributed by atoms with Crippen LogP contribution in [0, 0.1) is 0 Å². The monoisotopic (exact) mass is 361 g/mol. The summed E-state index contributed by atoms with van der Waals surface area (Å²) in [5, 5.41) is 16.0. The highest BCUT2D eigenvalue weighted by Crippen LogP contribution is 2.50. The van der Waals surface area contributed by atoms with Crippen molar-refractivity contribution in [3.05, 3.63) is 35.4 Å². The summed E-state index contributed by atoms with van der Waals surface area (Å²) in [4.78, 5) is 0. The lowest BCUT2D eigenvalue weighted by Crippen LogP contribution is -1.96. The third-order valence-corrected chi connectivity index (χ3v) is 4.99. The molecule has 0 aliphatic carbocycles. The van der Waals surface area contributed by atoms with Crippen LogP contribution in [-0.2, 0) is 0 Å². The maximum Gasteiger partial charge on any atom is 0.204 e. The van der Waals surface area contributed by atoms with E-state index in [1.807, 2.05) is 37.5 Å². The average molecular weight is 361 g/mol. The van der Waals surface area contributed by atoms with Crippen LogP contribution in [0.1, 0.15) is 31.3 Å². The van der Waals surface area contributed by atoms with Crippen molar-refractivity contribution in [2.75, 3.05) is 25.6 Å². The van der Waals surface area contributed by atoms with Crippen molar-refractivity contribution < 1.29 is 19.0 Å². The predicted molar refractivity (Wildman–Crippen MR) is 102 cm³/mol. The lowest BCUT2D eigenvalue weighted by atomic mass is 10.0. The first-order valence-electron chi connectivity index (χ1n) is 8.42. The largest absolute Gasteiger partial charge is 0.504 e. The number of aromatic hydroxyl groups is 1. The van der Waals surface area contributed by atoms with Crippen LogP contribution in [0.25, 0.3) is 11.1 Å². The summed E-state index contributed by atoms with van der Waals surface area (Å²) < 4.78 is 17.2. The summed E-state index contributed by atoms with van der Waals surface area (Å²) in [5.41, 5.74) is 1.43. The van der Waals surface area contributed by atoms with E-state index in [0.717, 1.165) is 12.0 Å². The molecule has 6 heteroatoms. The zero-order chi connectivity index (χ0) is 17.8. The van der Waals surface area contributed by atoms with Gasteiger partial charge in [-0.25, -0.2) is 0 Å². The Kier molecular flexibility index (Phi) is 5.48. The van der Waals surface area contributed by atoms with E-state index < -0.39 is 0 Å². The average Bonchev–Trinajstić information content (AvgIpc) is 3.22. The number of hydrogen-bond acceptors (Lipinski definition) is 6. The number of allylic oxidation sites excluding steroid dienone is 1. The lowest BCUT2D eigenvalue weighted by molar-refractivity contribution is 0.323. The molecule has 2 aromatic rings. The highest BCUT2D eigenvalue weighted by molar-refractivity contribution is 8.02. The molecule has 1 aliphatic rings. The molecule has 0 saturated carbocycles. The molecular weight excluding hydrogens is 338 g/mol. The van der Waals surface area contributed by atoms with Crippen molar-refractivity contribution in [1.82, 2.24) is 0 Å². The molecule has 0 amide bonds. The minimum absolute atomic E-state index is 0.0993. The number of hydrogen-bond donors (Lipinski definition) is 2. The van der Waals surface area contributed by atoms with Gasteiger partial charge in [-0.1, -0.05) is 6.08 Å². The van der Waals surface area contributed by atoms with Gasteiger partial charge in [0, 0.05) is 13.1 Å². The van der Waals surface area contributed by atoms with Gasteiger partial charge >= 0.3 is 0 Å². The number of furan rings is 1. The molecule has 0 saturated heterocycles. The second-order valence-corrected chi connectivity index (χ2v) is 6.67. The third-order valence-electron chi connectivity index (χ3n) is 3.91. The minimum atomic E-state index is 0.0993. The molecule has 0 spiro atoms. The Labute approximate surface area is 152 Å². The molecule has 0 fully saturated rings. The van der Waals surface area contributed by atoms with Gasteiger partial charge in [-0.2, -0.15) is 0 Å². The van der Waals surface area contributed by atoms with E-state index in [-0.39, 0.29) is 11.0 Å². The van der Waals surface area contributed by atoms with Crippen molar-refractivity contribution in [1.29, 1.82) is 0 Å². The number of thioether (sulfide) groups is 1. The molecule has 25 heavy (non-hydrogen) atoms. The van der Waals surface area contributed by atoms with Crippen LogP contribution in [0.4, 0.5) is 5.88 Å². The first kappa shape index (κ1) is 17.6. The second-order valence-electron chi connectivity index (χ2n) is 5.56. The Morgan fingerprint density at radius 3 is 2.40 bits per heavy atom. The summed E-state index contributed by atoms with van der Waals surface area (Å²) >= 11 is 1.65. The number of nitrogens with one attached hydrogen (secondary N) is 1. The summed E-state index contributed by atoms with van der Waals surface area (Å²) in [6.45, 7) is 4.98. The first-order valence-corrected chi connectivity index (χ1v) is 9.37. The molecule has 1 unspecified atom stereocenters. The van der Waals surface area contributed by atoms with Crippen LogP contribution in [0.3, 0.4) is 0 Å². The van der Waals surface area contributed by atoms with Gasteiger partial charge in [-0.15, -0.1) is 11.8 Å². The fourth-order valence-corrected chi connectivity index (χ4v) is 3.79. The van der Waals surface area contributed by atoms with E-state index in [2.05, 4.69) is 11.4 Å². The van der Waals surface area contributed by atoms with Crippen LogP contribution in [0.2, 0.25) is 0 Å². The predicted octanol–water partition coefficient (Wildman–Crippen LogP) is 5.18. The molecule has 5 nitrogen and oxygen atoms in total. The van der Waals surface area contributed by atoms with Crippen molar-refractivity contribution in [3.8, 4) is 28.4 Å². The fraction of sp³-hybridized carbons (Fsp3) is 0.368. The van der Waals surface area contributed by atoms with Gasteiger partial charge in [0.2, 0.25) is 5.88 Å². The SMILES string of the molecule is CCOc1cc(OCC)cc(-c2c(NC)oc(C3CC=CS3)c2O)c1. The summed E-state index contributed by atoms with van der Waals surface area (Å²) in [6.07, 6.45) is 2.93. The quantitative estimate of drug-likeness (QED) is 0.708. The van der Waals surface area contributed by atoms with E-state index >= 15 is 0 Å². The van der Waals surface area contributed by atoms with Crippen LogP contribution in [-0.4, -0.2) is 25.4 Å². The van der Waals surface area contributed by atoms with E-state index in [0.29, 0.717) is 41.9 Å². The van der Waals surface area contributed by atoms with Crippen LogP contribution in [0.5, 0.6) is 17.2 Å². The molecule has 1 aromatic carbocycles. The van der Waals surface area contributed by atoms with Gasteiger partial charge in [-0.3, -0.25) is 0 Å². The molecule has 134 valence electrons. The molecule has 3 rings (SSSR count). The van der Waals surface area contributed by atoms with Gasteiger partial charge in [-0.05, 0) is 43.4 Å². The highest BCUT2D eigenvalue weighted by atomic mass is 32.2. The zero-order valence-corrected chi connectivity index (χ0v) is 15.5. The Bertz CT molecular complexity index is 737. The number of anilines is 1. The fourth-order valence-electron chi connectivity index (χ4n) is 2.87. The van der Waals surface area contributed by atoms with Gasteiger partial charge in [0.15, 0.2) is 11.5 Å². The number of benzene rings is 1. The van der Waals surface area contributed by atoms with Crippen molar-refractivity contribution >= 4 is 17.6 Å². The van der Waals surface area contributed by atoms with Crippen molar-refractivity contribution in [2.24, 2.45) is 0 Å². The molecular formula is C19H23NO4S. The maximum atomic E-state index is 10.8. The second kappa shape index (κ2) is 7.78. The van der Waals surface area contributed by atoms with E-state index in [9.17, 15) is 5.11 Å². The maximum absolute atomic E-state index is 10.8. The van der Waals surface area contributed by atoms with Crippen molar-refractivity contribution in [3.63, 3.8) is 0 Å². The standard InChI is InChI=1S/C19H23NO4S/c1-4-22-13-9-12(10-14(11-13)23-5-2)16-17(21)18(24-19(16)20-3)15-7-6-8-25-15/h6,8-11,15,20-21H,4-5,7H2,1-3H3. The van der Waals surface area contributed by atoms with Gasteiger partial charge < -0.3 is 24.3 Å².